The third-order valence-corrected chi connectivity index (χ3v) is 3.43. The van der Waals surface area contributed by atoms with E-state index < -0.39 is 0 Å². The Morgan fingerprint density at radius 3 is 2.67 bits per heavy atom. The number of carbonyl (C=O) groups excluding carboxylic acids is 2. The second-order valence-electron chi connectivity index (χ2n) is 6.05. The third kappa shape index (κ3) is 3.90. The Kier molecular flexibility index (Phi) is 4.40. The lowest BCUT2D eigenvalue weighted by atomic mass is 9.76. The van der Waals surface area contributed by atoms with Gasteiger partial charge in [0.2, 0.25) is 0 Å². The van der Waals surface area contributed by atoms with Gasteiger partial charge in [0, 0.05) is 18.6 Å². The van der Waals surface area contributed by atoms with E-state index in [9.17, 15) is 9.59 Å². The van der Waals surface area contributed by atoms with Gasteiger partial charge in [0.05, 0.1) is 12.7 Å². The van der Waals surface area contributed by atoms with Crippen LogP contribution in [0.25, 0.3) is 0 Å². The molecular weight excluding hydrogens is 268 g/mol. The lowest BCUT2D eigenvalue weighted by Crippen LogP contribution is -2.31. The minimum absolute atomic E-state index is 0.0939. The van der Waals surface area contributed by atoms with Crippen LogP contribution in [0, 0.1) is 5.41 Å². The van der Waals surface area contributed by atoms with E-state index in [-0.39, 0.29) is 17.1 Å². The summed E-state index contributed by atoms with van der Waals surface area (Å²) < 4.78 is 5.15. The number of hydrogen-bond donors (Lipinski definition) is 1. The number of Topliss-reactive ketones (excluding diaryl/α,β-unsaturated/α-hetero) is 1. The van der Waals surface area contributed by atoms with E-state index in [1.165, 1.54) is 7.11 Å². The number of benzene rings is 1. The molecule has 1 N–H and O–H groups in total. The van der Waals surface area contributed by atoms with E-state index in [0.717, 1.165) is 5.71 Å². The summed E-state index contributed by atoms with van der Waals surface area (Å²) in [5.74, 6) is 0.322. The van der Waals surface area contributed by atoms with Gasteiger partial charge in [0.15, 0.2) is 0 Å². The molecule has 1 saturated carbocycles. The summed E-state index contributed by atoms with van der Waals surface area (Å²) in [5, 5.41) is 4.12. The molecule has 0 aliphatic heterocycles. The van der Waals surface area contributed by atoms with Crippen molar-refractivity contribution in [2.75, 3.05) is 7.11 Å². The zero-order valence-corrected chi connectivity index (χ0v) is 12.6. The fourth-order valence-electron chi connectivity index (χ4n) is 2.60. The molecule has 21 heavy (non-hydrogen) atoms. The highest BCUT2D eigenvalue weighted by Crippen LogP contribution is 2.31. The van der Waals surface area contributed by atoms with E-state index in [0.29, 0.717) is 30.6 Å². The molecule has 0 aromatic heterocycles. The first kappa shape index (κ1) is 15.2. The monoisotopic (exact) mass is 288 g/mol. The van der Waals surface area contributed by atoms with Gasteiger partial charge in [-0.1, -0.05) is 26.0 Å². The predicted molar refractivity (Wildman–Crippen MR) is 80.5 cm³/mol. The minimum atomic E-state index is -0.337. The van der Waals surface area contributed by atoms with Gasteiger partial charge in [-0.15, -0.1) is 0 Å². The molecule has 1 aromatic carbocycles. The molecule has 1 fully saturated rings. The molecule has 0 unspecified atom stereocenters. The fourth-order valence-corrected chi connectivity index (χ4v) is 2.60. The molecule has 1 amide bonds. The lowest BCUT2D eigenvalue weighted by Gasteiger charge is -2.29. The number of amides is 1. The van der Waals surface area contributed by atoms with Crippen LogP contribution in [-0.2, 0) is 4.79 Å². The van der Waals surface area contributed by atoms with Crippen LogP contribution in [0.15, 0.2) is 29.4 Å². The number of nitrogens with one attached hydrogen (secondary N) is 1. The van der Waals surface area contributed by atoms with Gasteiger partial charge < -0.3 is 4.74 Å². The van der Waals surface area contributed by atoms with Crippen molar-refractivity contribution < 1.29 is 14.3 Å². The zero-order chi connectivity index (χ0) is 15.5. The molecule has 0 saturated heterocycles. The number of hydrogen-bond acceptors (Lipinski definition) is 4. The average Bonchev–Trinajstić information content (AvgIpc) is 2.42. The second-order valence-corrected chi connectivity index (χ2v) is 6.05. The van der Waals surface area contributed by atoms with Crippen LogP contribution in [-0.4, -0.2) is 24.5 Å². The molecule has 0 spiro atoms. The highest BCUT2D eigenvalue weighted by Gasteiger charge is 2.30. The average molecular weight is 288 g/mol. The van der Waals surface area contributed by atoms with Crippen LogP contribution < -0.4 is 10.2 Å². The topological polar surface area (TPSA) is 67.8 Å². The van der Waals surface area contributed by atoms with Crippen molar-refractivity contribution in [1.82, 2.24) is 5.43 Å². The number of nitrogens with zero attached hydrogens (tertiary/aromatic N) is 1. The summed E-state index contributed by atoms with van der Waals surface area (Å²) in [6, 6.07) is 6.95. The van der Waals surface area contributed by atoms with Crippen molar-refractivity contribution in [1.29, 1.82) is 0 Å². The molecule has 0 atom stereocenters. The van der Waals surface area contributed by atoms with Crippen molar-refractivity contribution in [3.8, 4) is 5.75 Å². The highest BCUT2D eigenvalue weighted by molar-refractivity contribution is 6.05. The summed E-state index contributed by atoms with van der Waals surface area (Å²) in [4.78, 5) is 23.8. The van der Waals surface area contributed by atoms with Gasteiger partial charge in [0.1, 0.15) is 11.5 Å². The van der Waals surface area contributed by atoms with E-state index in [1.807, 2.05) is 13.8 Å². The molecule has 0 radical (unpaired) electrons. The molecule has 5 heteroatoms. The molecule has 1 aliphatic carbocycles. The highest BCUT2D eigenvalue weighted by atomic mass is 16.5. The predicted octanol–water partition coefficient (Wildman–Crippen LogP) is 2.56. The summed E-state index contributed by atoms with van der Waals surface area (Å²) in [6.07, 6.45) is 1.59. The van der Waals surface area contributed by atoms with E-state index in [2.05, 4.69) is 10.5 Å². The molecule has 0 heterocycles. The largest absolute Gasteiger partial charge is 0.496 e. The number of carbonyl (C=O) groups is 2. The van der Waals surface area contributed by atoms with Crippen LogP contribution in [0.3, 0.4) is 0 Å². The van der Waals surface area contributed by atoms with Crippen LogP contribution in [0.5, 0.6) is 5.75 Å². The fraction of sp³-hybridized carbons (Fsp3) is 0.438. The van der Waals surface area contributed by atoms with E-state index in [4.69, 9.17) is 4.74 Å². The zero-order valence-electron chi connectivity index (χ0n) is 12.6. The summed E-state index contributed by atoms with van der Waals surface area (Å²) in [6.45, 7) is 4.06. The number of rotatable bonds is 3. The first-order valence-electron chi connectivity index (χ1n) is 6.92. The number of ketones is 1. The van der Waals surface area contributed by atoms with Crippen molar-refractivity contribution in [2.24, 2.45) is 10.5 Å². The van der Waals surface area contributed by atoms with Gasteiger partial charge >= 0.3 is 0 Å². The number of ether oxygens (including phenoxy) is 1. The second kappa shape index (κ2) is 6.08. The Labute approximate surface area is 124 Å². The molecule has 112 valence electrons. The number of methoxy groups -OCH3 is 1. The number of hydrazone groups is 1. The van der Waals surface area contributed by atoms with Crippen LogP contribution in [0.4, 0.5) is 0 Å². The van der Waals surface area contributed by atoms with Crippen molar-refractivity contribution in [2.45, 2.75) is 33.1 Å². The smallest absolute Gasteiger partial charge is 0.275 e. The molecule has 0 bridgehead atoms. The van der Waals surface area contributed by atoms with Crippen LogP contribution in [0.2, 0.25) is 0 Å². The van der Waals surface area contributed by atoms with Gasteiger partial charge in [-0.05, 0) is 24.0 Å². The normalized spacial score (nSPS) is 19.4. The standard InChI is InChI=1S/C16H20N2O3/c1-16(2)9-11(8-12(19)10-16)17-18-15(20)13-6-4-5-7-14(13)21-3/h4-7H,8-10H2,1-3H3,(H,18,20)/b17-11+. The first-order valence-corrected chi connectivity index (χ1v) is 6.92. The Balaban J connectivity index is 2.10. The van der Waals surface area contributed by atoms with Gasteiger partial charge in [-0.25, -0.2) is 5.43 Å². The maximum Gasteiger partial charge on any atom is 0.275 e. The van der Waals surface area contributed by atoms with Gasteiger partial charge in [-0.3, -0.25) is 9.59 Å². The molecular formula is C16H20N2O3. The lowest BCUT2D eigenvalue weighted by molar-refractivity contribution is -0.120. The van der Waals surface area contributed by atoms with Crippen LogP contribution in [0.1, 0.15) is 43.5 Å². The van der Waals surface area contributed by atoms with Crippen molar-refractivity contribution in [3.05, 3.63) is 29.8 Å². The van der Waals surface area contributed by atoms with Gasteiger partial charge in [0.25, 0.3) is 5.91 Å². The third-order valence-electron chi connectivity index (χ3n) is 3.43. The van der Waals surface area contributed by atoms with Crippen LogP contribution >= 0.6 is 0 Å². The Morgan fingerprint density at radius 2 is 2.00 bits per heavy atom. The SMILES string of the molecule is COc1ccccc1C(=O)N/N=C1\CC(=O)CC(C)(C)C1. The molecule has 1 aliphatic rings. The summed E-state index contributed by atoms with van der Waals surface area (Å²) in [5.41, 5.74) is 3.57. The van der Waals surface area contributed by atoms with E-state index in [1.54, 1.807) is 24.3 Å². The molecule has 5 nitrogen and oxygen atoms in total. The Morgan fingerprint density at radius 1 is 1.29 bits per heavy atom. The van der Waals surface area contributed by atoms with Gasteiger partial charge in [-0.2, -0.15) is 5.10 Å². The maximum atomic E-state index is 12.1. The minimum Gasteiger partial charge on any atom is -0.496 e. The maximum absolute atomic E-state index is 12.1. The van der Waals surface area contributed by atoms with Crippen molar-refractivity contribution >= 4 is 17.4 Å². The van der Waals surface area contributed by atoms with Crippen molar-refractivity contribution in [3.63, 3.8) is 0 Å². The Bertz CT molecular complexity index is 591. The number of para-hydroxylation sites is 1. The quantitative estimate of drug-likeness (QED) is 0.869. The molecule has 2 rings (SSSR count). The Hall–Kier alpha value is -2.17. The van der Waals surface area contributed by atoms with E-state index >= 15 is 0 Å². The molecule has 1 aromatic rings. The first-order chi connectivity index (χ1) is 9.91. The summed E-state index contributed by atoms with van der Waals surface area (Å²) >= 11 is 0. The summed E-state index contributed by atoms with van der Waals surface area (Å²) in [7, 11) is 1.51.